The molecule has 0 radical (unpaired) electrons. The summed E-state index contributed by atoms with van der Waals surface area (Å²) in [6.07, 6.45) is 11.4. The lowest BCUT2D eigenvalue weighted by Gasteiger charge is -2.11. The Bertz CT molecular complexity index is 82.9. The summed E-state index contributed by atoms with van der Waals surface area (Å²) in [5.74, 6) is 1.01. The van der Waals surface area contributed by atoms with Crippen LogP contribution in [0.3, 0.4) is 0 Å². The van der Waals surface area contributed by atoms with Crippen molar-refractivity contribution in [2.45, 2.75) is 51.4 Å². The van der Waals surface area contributed by atoms with Gasteiger partial charge in [0.25, 0.3) is 0 Å². The molecule has 1 heteroatoms. The molecule has 1 fully saturated rings. The van der Waals surface area contributed by atoms with Crippen molar-refractivity contribution in [2.75, 3.05) is 6.54 Å². The molecule has 1 nitrogen and oxygen atoms in total. The standard InChI is InChI=1S/C10H21N/c11-9-5-8-10-6-3-1-2-4-7-10/h10H,1-9,11H2. The van der Waals surface area contributed by atoms with E-state index in [2.05, 4.69) is 0 Å². The maximum absolute atomic E-state index is 5.48. The van der Waals surface area contributed by atoms with E-state index in [9.17, 15) is 0 Å². The fourth-order valence-electron chi connectivity index (χ4n) is 2.06. The van der Waals surface area contributed by atoms with Crippen LogP contribution in [0.1, 0.15) is 51.4 Å². The fourth-order valence-corrected chi connectivity index (χ4v) is 2.06. The first-order chi connectivity index (χ1) is 5.43. The Morgan fingerprint density at radius 2 is 1.64 bits per heavy atom. The van der Waals surface area contributed by atoms with Crippen LogP contribution in [0.2, 0.25) is 0 Å². The Balaban J connectivity index is 2.09. The Morgan fingerprint density at radius 1 is 1.00 bits per heavy atom. The highest BCUT2D eigenvalue weighted by atomic mass is 14.5. The van der Waals surface area contributed by atoms with E-state index >= 15 is 0 Å². The summed E-state index contributed by atoms with van der Waals surface area (Å²) < 4.78 is 0. The smallest absolute Gasteiger partial charge is 0.00772 e. The number of nitrogens with two attached hydrogens (primary N) is 1. The zero-order chi connectivity index (χ0) is 7.94. The highest BCUT2D eigenvalue weighted by Crippen LogP contribution is 2.25. The van der Waals surface area contributed by atoms with E-state index in [-0.39, 0.29) is 0 Å². The van der Waals surface area contributed by atoms with E-state index in [1.165, 1.54) is 51.4 Å². The van der Waals surface area contributed by atoms with Crippen molar-refractivity contribution in [1.82, 2.24) is 0 Å². The van der Waals surface area contributed by atoms with Gasteiger partial charge in [0.05, 0.1) is 0 Å². The molecule has 0 saturated heterocycles. The van der Waals surface area contributed by atoms with E-state index in [1.54, 1.807) is 0 Å². The summed E-state index contributed by atoms with van der Waals surface area (Å²) in [5, 5.41) is 0. The minimum Gasteiger partial charge on any atom is -0.330 e. The van der Waals surface area contributed by atoms with Crippen LogP contribution in [0.25, 0.3) is 0 Å². The Kier molecular flexibility index (Phi) is 4.60. The van der Waals surface area contributed by atoms with Crippen LogP contribution >= 0.6 is 0 Å². The normalized spacial score (nSPS) is 21.5. The van der Waals surface area contributed by atoms with Gasteiger partial charge in [0, 0.05) is 0 Å². The van der Waals surface area contributed by atoms with Gasteiger partial charge >= 0.3 is 0 Å². The van der Waals surface area contributed by atoms with Crippen molar-refractivity contribution in [1.29, 1.82) is 0 Å². The van der Waals surface area contributed by atoms with E-state index in [0.29, 0.717) is 0 Å². The van der Waals surface area contributed by atoms with Crippen LogP contribution in [0.5, 0.6) is 0 Å². The first-order valence-electron chi connectivity index (χ1n) is 5.13. The SMILES string of the molecule is NCCCC1CCCCCC1. The van der Waals surface area contributed by atoms with Crippen molar-refractivity contribution in [2.24, 2.45) is 11.7 Å². The number of hydrogen-bond acceptors (Lipinski definition) is 1. The topological polar surface area (TPSA) is 26.0 Å². The van der Waals surface area contributed by atoms with Gasteiger partial charge in [-0.3, -0.25) is 0 Å². The molecule has 0 aromatic carbocycles. The third kappa shape index (κ3) is 3.76. The fraction of sp³-hybridized carbons (Fsp3) is 1.00. The summed E-state index contributed by atoms with van der Waals surface area (Å²) in [5.41, 5.74) is 5.48. The quantitative estimate of drug-likeness (QED) is 0.623. The molecular formula is C10H21N. The minimum atomic E-state index is 0.885. The molecule has 11 heavy (non-hydrogen) atoms. The largest absolute Gasteiger partial charge is 0.330 e. The summed E-state index contributed by atoms with van der Waals surface area (Å²) in [6.45, 7) is 0.885. The Labute approximate surface area is 70.4 Å². The highest BCUT2D eigenvalue weighted by molar-refractivity contribution is 4.64. The van der Waals surface area contributed by atoms with Crippen LogP contribution in [0.15, 0.2) is 0 Å². The summed E-state index contributed by atoms with van der Waals surface area (Å²) >= 11 is 0. The van der Waals surface area contributed by atoms with Crippen molar-refractivity contribution < 1.29 is 0 Å². The molecule has 0 bridgehead atoms. The maximum Gasteiger partial charge on any atom is -0.00772 e. The average Bonchev–Trinajstić information content (AvgIpc) is 2.28. The summed E-state index contributed by atoms with van der Waals surface area (Å²) in [6, 6.07) is 0. The maximum atomic E-state index is 5.48. The van der Waals surface area contributed by atoms with Gasteiger partial charge in [-0.1, -0.05) is 38.5 Å². The molecule has 0 amide bonds. The molecule has 66 valence electrons. The lowest BCUT2D eigenvalue weighted by atomic mass is 9.95. The molecule has 0 unspecified atom stereocenters. The summed E-state index contributed by atoms with van der Waals surface area (Å²) in [7, 11) is 0. The molecular weight excluding hydrogens is 134 g/mol. The van der Waals surface area contributed by atoms with E-state index in [0.717, 1.165) is 12.5 Å². The summed E-state index contributed by atoms with van der Waals surface area (Å²) in [4.78, 5) is 0. The molecule has 1 aliphatic carbocycles. The van der Waals surface area contributed by atoms with Gasteiger partial charge in [0.15, 0.2) is 0 Å². The Hall–Kier alpha value is -0.0400. The van der Waals surface area contributed by atoms with Gasteiger partial charge in [0.2, 0.25) is 0 Å². The van der Waals surface area contributed by atoms with E-state index in [1.807, 2.05) is 0 Å². The van der Waals surface area contributed by atoms with Crippen LogP contribution < -0.4 is 5.73 Å². The predicted octanol–water partition coefficient (Wildman–Crippen LogP) is 2.70. The second-order valence-electron chi connectivity index (χ2n) is 3.79. The lowest BCUT2D eigenvalue weighted by Crippen LogP contribution is -2.04. The van der Waals surface area contributed by atoms with Crippen LogP contribution in [-0.2, 0) is 0 Å². The first-order valence-corrected chi connectivity index (χ1v) is 5.13. The van der Waals surface area contributed by atoms with E-state index < -0.39 is 0 Å². The average molecular weight is 155 g/mol. The molecule has 0 aliphatic heterocycles. The van der Waals surface area contributed by atoms with E-state index in [4.69, 9.17) is 5.73 Å². The van der Waals surface area contributed by atoms with Crippen LogP contribution in [-0.4, -0.2) is 6.54 Å². The third-order valence-corrected chi connectivity index (χ3v) is 2.79. The van der Waals surface area contributed by atoms with Crippen molar-refractivity contribution >= 4 is 0 Å². The Morgan fingerprint density at radius 3 is 2.18 bits per heavy atom. The number of hydrogen-bond donors (Lipinski definition) is 1. The molecule has 0 spiro atoms. The molecule has 0 heterocycles. The molecule has 0 aromatic rings. The molecule has 0 atom stereocenters. The van der Waals surface area contributed by atoms with Gasteiger partial charge in [0.1, 0.15) is 0 Å². The lowest BCUT2D eigenvalue weighted by molar-refractivity contribution is 0.418. The first kappa shape index (κ1) is 9.05. The zero-order valence-corrected chi connectivity index (χ0v) is 7.52. The molecule has 1 saturated carbocycles. The third-order valence-electron chi connectivity index (χ3n) is 2.79. The minimum absolute atomic E-state index is 0.885. The molecule has 1 rings (SSSR count). The predicted molar refractivity (Wildman–Crippen MR) is 49.5 cm³/mol. The van der Waals surface area contributed by atoms with Gasteiger partial charge < -0.3 is 5.73 Å². The number of rotatable bonds is 3. The molecule has 2 N–H and O–H groups in total. The van der Waals surface area contributed by atoms with Crippen LogP contribution in [0.4, 0.5) is 0 Å². The van der Waals surface area contributed by atoms with Gasteiger partial charge in [-0.25, -0.2) is 0 Å². The van der Waals surface area contributed by atoms with Crippen molar-refractivity contribution in [3.8, 4) is 0 Å². The van der Waals surface area contributed by atoms with Crippen molar-refractivity contribution in [3.05, 3.63) is 0 Å². The highest BCUT2D eigenvalue weighted by Gasteiger charge is 2.10. The van der Waals surface area contributed by atoms with Gasteiger partial charge in [-0.05, 0) is 25.3 Å². The monoisotopic (exact) mass is 155 g/mol. The van der Waals surface area contributed by atoms with Gasteiger partial charge in [-0.15, -0.1) is 0 Å². The van der Waals surface area contributed by atoms with Crippen LogP contribution in [0, 0.1) is 5.92 Å². The van der Waals surface area contributed by atoms with Crippen molar-refractivity contribution in [3.63, 3.8) is 0 Å². The second-order valence-corrected chi connectivity index (χ2v) is 3.79. The zero-order valence-electron chi connectivity index (χ0n) is 7.52. The van der Waals surface area contributed by atoms with Gasteiger partial charge in [-0.2, -0.15) is 0 Å². The molecule has 1 aliphatic rings. The molecule has 0 aromatic heterocycles. The second kappa shape index (κ2) is 5.59.